The molecule has 1 N–H and O–H groups in total. The number of hydrogen-bond donors (Lipinski definition) is 1. The van der Waals surface area contributed by atoms with E-state index in [1.54, 1.807) is 0 Å². The van der Waals surface area contributed by atoms with E-state index < -0.39 is 37.1 Å². The van der Waals surface area contributed by atoms with Crippen molar-refractivity contribution in [2.45, 2.75) is 35.3 Å². The molecular formula is C13H12F2O4S. The first-order valence-corrected chi connectivity index (χ1v) is 7.64. The summed E-state index contributed by atoms with van der Waals surface area (Å²) in [5.41, 5.74) is -0.213. The van der Waals surface area contributed by atoms with Gasteiger partial charge in [0.2, 0.25) is 0 Å². The highest BCUT2D eigenvalue weighted by Crippen LogP contribution is 2.68. The Labute approximate surface area is 114 Å². The smallest absolute Gasteiger partial charge is 0.325 e. The van der Waals surface area contributed by atoms with Gasteiger partial charge in [-0.05, 0) is 49.3 Å². The molecule has 0 atom stereocenters. The Morgan fingerprint density at radius 2 is 1.80 bits per heavy atom. The topological polar surface area (TPSA) is 71.4 Å². The maximum atomic E-state index is 13.7. The highest BCUT2D eigenvalue weighted by atomic mass is 32.2. The van der Waals surface area contributed by atoms with Crippen molar-refractivity contribution in [3.8, 4) is 0 Å². The first kappa shape index (κ1) is 13.5. The summed E-state index contributed by atoms with van der Waals surface area (Å²) < 4.78 is 49.8. The van der Waals surface area contributed by atoms with Crippen LogP contribution in [0, 0.1) is 17.0 Å². The molecule has 108 valence electrons. The minimum atomic E-state index is -4.46. The zero-order chi connectivity index (χ0) is 14.8. The number of aliphatic carboxylic acids is 1. The van der Waals surface area contributed by atoms with Gasteiger partial charge in [-0.15, -0.1) is 0 Å². The van der Waals surface area contributed by atoms with Crippen LogP contribution in [0.3, 0.4) is 0 Å². The maximum Gasteiger partial charge on any atom is 0.325 e. The van der Waals surface area contributed by atoms with Crippen molar-refractivity contribution in [2.24, 2.45) is 5.41 Å². The predicted octanol–water partition coefficient (Wildman–Crippen LogP) is 2.14. The minimum Gasteiger partial charge on any atom is -0.480 e. The third kappa shape index (κ3) is 1.62. The molecule has 3 rings (SSSR count). The molecule has 0 radical (unpaired) electrons. The van der Waals surface area contributed by atoms with Crippen molar-refractivity contribution in [3.05, 3.63) is 29.8 Å². The molecule has 1 spiro atoms. The van der Waals surface area contributed by atoms with Crippen molar-refractivity contribution in [3.63, 3.8) is 0 Å². The van der Waals surface area contributed by atoms with Gasteiger partial charge in [-0.1, -0.05) is 0 Å². The lowest BCUT2D eigenvalue weighted by molar-refractivity contribution is -0.144. The fraction of sp³-hybridized carbons (Fsp3) is 0.462. The fourth-order valence-corrected chi connectivity index (χ4v) is 5.28. The summed E-state index contributed by atoms with van der Waals surface area (Å²) in [4.78, 5) is 10.6. The lowest BCUT2D eigenvalue weighted by Gasteiger charge is -2.44. The molecule has 2 fully saturated rings. The van der Waals surface area contributed by atoms with Gasteiger partial charge in [0.05, 0.1) is 0 Å². The molecule has 7 heteroatoms. The van der Waals surface area contributed by atoms with Gasteiger partial charge in [-0.25, -0.2) is 17.2 Å². The first-order valence-electron chi connectivity index (χ1n) is 6.16. The van der Waals surface area contributed by atoms with Gasteiger partial charge in [0.25, 0.3) is 0 Å². The van der Waals surface area contributed by atoms with E-state index in [4.69, 9.17) is 0 Å². The molecule has 2 aliphatic carbocycles. The summed E-state index contributed by atoms with van der Waals surface area (Å²) in [6.07, 6.45) is 1.55. The van der Waals surface area contributed by atoms with Crippen LogP contribution >= 0.6 is 0 Å². The Balaban J connectivity index is 2.10. The minimum absolute atomic E-state index is 0.0202. The number of benzene rings is 1. The molecule has 0 unspecified atom stereocenters. The highest BCUT2D eigenvalue weighted by molar-refractivity contribution is 7.93. The average molecular weight is 302 g/mol. The highest BCUT2D eigenvalue weighted by Gasteiger charge is 2.70. The Hall–Kier alpha value is -1.50. The number of sulfone groups is 1. The monoisotopic (exact) mass is 302 g/mol. The molecule has 0 aliphatic heterocycles. The lowest BCUT2D eigenvalue weighted by atomic mass is 9.71. The molecule has 0 saturated heterocycles. The molecule has 20 heavy (non-hydrogen) atoms. The molecule has 0 heterocycles. The number of halogens is 2. The van der Waals surface area contributed by atoms with Gasteiger partial charge in [0.1, 0.15) is 16.5 Å². The van der Waals surface area contributed by atoms with Crippen molar-refractivity contribution >= 4 is 15.8 Å². The molecule has 0 amide bonds. The second-order valence-corrected chi connectivity index (χ2v) is 7.96. The van der Waals surface area contributed by atoms with Gasteiger partial charge in [-0.3, -0.25) is 4.79 Å². The van der Waals surface area contributed by atoms with Gasteiger partial charge >= 0.3 is 5.97 Å². The Kier molecular flexibility index (Phi) is 2.55. The largest absolute Gasteiger partial charge is 0.480 e. The molecule has 1 aromatic carbocycles. The molecule has 1 aromatic rings. The third-order valence-electron chi connectivity index (χ3n) is 4.37. The van der Waals surface area contributed by atoms with Gasteiger partial charge in [0, 0.05) is 0 Å². The summed E-state index contributed by atoms with van der Waals surface area (Å²) in [6, 6.07) is 2.04. The Morgan fingerprint density at radius 1 is 1.20 bits per heavy atom. The zero-order valence-electron chi connectivity index (χ0n) is 10.4. The van der Waals surface area contributed by atoms with Crippen LogP contribution in [-0.2, 0) is 14.6 Å². The van der Waals surface area contributed by atoms with Crippen LogP contribution in [0.15, 0.2) is 23.1 Å². The average Bonchev–Trinajstić information content (AvgIpc) is 3.09. The summed E-state index contributed by atoms with van der Waals surface area (Å²) in [5.74, 6) is -3.52. The number of carbonyl (C=O) groups is 1. The van der Waals surface area contributed by atoms with Crippen LogP contribution in [0.5, 0.6) is 0 Å². The van der Waals surface area contributed by atoms with Gasteiger partial charge in [0.15, 0.2) is 14.6 Å². The van der Waals surface area contributed by atoms with Crippen LogP contribution in [0.2, 0.25) is 0 Å². The van der Waals surface area contributed by atoms with E-state index in [0.717, 1.165) is 18.9 Å². The van der Waals surface area contributed by atoms with Crippen LogP contribution in [0.25, 0.3) is 0 Å². The lowest BCUT2D eigenvalue weighted by Crippen LogP contribution is -2.57. The van der Waals surface area contributed by atoms with E-state index >= 15 is 0 Å². The van der Waals surface area contributed by atoms with E-state index in [0.29, 0.717) is 12.1 Å². The number of rotatable bonds is 3. The number of hydrogen-bond acceptors (Lipinski definition) is 3. The van der Waals surface area contributed by atoms with Crippen LogP contribution in [0.1, 0.15) is 25.7 Å². The van der Waals surface area contributed by atoms with Crippen molar-refractivity contribution in [1.29, 1.82) is 0 Å². The standard InChI is InChI=1S/C13H12F2O4S/c14-8-1-2-9(15)10(5-8)20(18,19)13(11(16)17)6-12(7-13)3-4-12/h1-2,5H,3-4,6-7H2,(H,16,17). The van der Waals surface area contributed by atoms with E-state index in [2.05, 4.69) is 0 Å². The summed E-state index contributed by atoms with van der Waals surface area (Å²) >= 11 is 0. The third-order valence-corrected chi connectivity index (χ3v) is 6.75. The zero-order valence-corrected chi connectivity index (χ0v) is 11.2. The normalized spacial score (nSPS) is 22.3. The van der Waals surface area contributed by atoms with Crippen LogP contribution in [-0.4, -0.2) is 24.2 Å². The van der Waals surface area contributed by atoms with Crippen molar-refractivity contribution in [1.82, 2.24) is 0 Å². The van der Waals surface area contributed by atoms with Crippen LogP contribution < -0.4 is 0 Å². The number of carboxylic acid groups (broad SMARTS) is 1. The quantitative estimate of drug-likeness (QED) is 0.928. The predicted molar refractivity (Wildman–Crippen MR) is 64.8 cm³/mol. The Morgan fingerprint density at radius 3 is 2.30 bits per heavy atom. The van der Waals surface area contributed by atoms with Gasteiger partial charge in [-0.2, -0.15) is 0 Å². The van der Waals surface area contributed by atoms with Crippen molar-refractivity contribution < 1.29 is 27.1 Å². The first-order chi connectivity index (χ1) is 9.22. The SMILES string of the molecule is O=C(O)C1(S(=O)(=O)c2cc(F)ccc2F)CC2(CC2)C1. The molecule has 0 bridgehead atoms. The van der Waals surface area contributed by atoms with E-state index in [1.165, 1.54) is 0 Å². The van der Waals surface area contributed by atoms with Crippen molar-refractivity contribution in [2.75, 3.05) is 0 Å². The molecular weight excluding hydrogens is 290 g/mol. The van der Waals surface area contributed by atoms with E-state index in [1.807, 2.05) is 0 Å². The fourth-order valence-electron chi connectivity index (χ4n) is 3.04. The molecule has 2 saturated carbocycles. The summed E-state index contributed by atoms with van der Waals surface area (Å²) in [6.45, 7) is 0. The second-order valence-electron chi connectivity index (χ2n) is 5.73. The van der Waals surface area contributed by atoms with E-state index in [-0.39, 0.29) is 18.3 Å². The van der Waals surface area contributed by atoms with E-state index in [9.17, 15) is 27.1 Å². The molecule has 4 nitrogen and oxygen atoms in total. The second kappa shape index (κ2) is 3.78. The van der Waals surface area contributed by atoms with Gasteiger partial charge < -0.3 is 5.11 Å². The summed E-state index contributed by atoms with van der Waals surface area (Å²) in [5, 5.41) is 9.31. The maximum absolute atomic E-state index is 13.7. The Bertz CT molecular complexity index is 699. The molecule has 2 aliphatic rings. The number of carboxylic acids is 1. The molecule has 0 aromatic heterocycles. The van der Waals surface area contributed by atoms with Crippen LogP contribution in [0.4, 0.5) is 8.78 Å². The summed E-state index contributed by atoms with van der Waals surface area (Å²) in [7, 11) is -4.46.